The first-order valence-corrected chi connectivity index (χ1v) is 11.6. The van der Waals surface area contributed by atoms with Crippen molar-refractivity contribution in [2.45, 2.75) is 5.37 Å². The van der Waals surface area contributed by atoms with Crippen LogP contribution in [0.1, 0.15) is 16.5 Å². The molecule has 1 aliphatic heterocycles. The lowest BCUT2D eigenvalue weighted by atomic mass is 10.1. The summed E-state index contributed by atoms with van der Waals surface area (Å²) in [5, 5.41) is 0.401. The molecule has 0 bridgehead atoms. The van der Waals surface area contributed by atoms with Gasteiger partial charge in [-0.25, -0.2) is 0 Å². The van der Waals surface area contributed by atoms with Gasteiger partial charge in [0, 0.05) is 5.69 Å². The Hall–Kier alpha value is -2.80. The van der Waals surface area contributed by atoms with Crippen molar-refractivity contribution in [1.82, 2.24) is 0 Å². The molecule has 0 radical (unpaired) electrons. The Labute approximate surface area is 206 Å². The van der Waals surface area contributed by atoms with Crippen molar-refractivity contribution in [3.8, 4) is 17.2 Å². The van der Waals surface area contributed by atoms with E-state index in [0.29, 0.717) is 37.9 Å². The van der Waals surface area contributed by atoms with Crippen LogP contribution in [0.2, 0.25) is 10.0 Å². The SMILES string of the molecule is COc1cc(C2S/C(=C/c3ccccc3)C(=O)N2c2ccc(Cl)c(Cl)c2)cc(OC)c1OC. The van der Waals surface area contributed by atoms with Crippen LogP contribution in [0.25, 0.3) is 6.08 Å². The molecule has 4 rings (SSSR count). The van der Waals surface area contributed by atoms with E-state index in [0.717, 1.165) is 11.1 Å². The van der Waals surface area contributed by atoms with E-state index in [9.17, 15) is 4.79 Å². The van der Waals surface area contributed by atoms with E-state index in [1.54, 1.807) is 44.4 Å². The Morgan fingerprint density at radius 1 is 0.879 bits per heavy atom. The zero-order valence-electron chi connectivity index (χ0n) is 18.2. The van der Waals surface area contributed by atoms with Gasteiger partial charge in [0.25, 0.3) is 5.91 Å². The van der Waals surface area contributed by atoms with Gasteiger partial charge >= 0.3 is 0 Å². The zero-order chi connectivity index (χ0) is 23.5. The van der Waals surface area contributed by atoms with Crippen LogP contribution in [0.15, 0.2) is 65.6 Å². The second-order valence-corrected chi connectivity index (χ2v) is 9.06. The molecule has 3 aromatic rings. The third kappa shape index (κ3) is 4.64. The highest BCUT2D eigenvalue weighted by molar-refractivity contribution is 8.05. The van der Waals surface area contributed by atoms with E-state index < -0.39 is 5.37 Å². The summed E-state index contributed by atoms with van der Waals surface area (Å²) < 4.78 is 16.5. The molecule has 0 aliphatic carbocycles. The monoisotopic (exact) mass is 501 g/mol. The molecule has 33 heavy (non-hydrogen) atoms. The van der Waals surface area contributed by atoms with Crippen LogP contribution < -0.4 is 19.1 Å². The van der Waals surface area contributed by atoms with Gasteiger partial charge in [-0.1, -0.05) is 65.3 Å². The highest BCUT2D eigenvalue weighted by Crippen LogP contribution is 2.51. The molecule has 1 unspecified atom stereocenters. The van der Waals surface area contributed by atoms with E-state index >= 15 is 0 Å². The minimum Gasteiger partial charge on any atom is -0.493 e. The number of nitrogens with zero attached hydrogens (tertiary/aromatic N) is 1. The number of methoxy groups -OCH3 is 3. The predicted octanol–water partition coefficient (Wildman–Crippen LogP) is 6.84. The third-order valence-corrected chi connectivity index (χ3v) is 7.15. The molecule has 1 aliphatic rings. The highest BCUT2D eigenvalue weighted by atomic mass is 35.5. The molecule has 0 N–H and O–H groups in total. The number of benzene rings is 3. The van der Waals surface area contributed by atoms with Crippen LogP contribution in [-0.4, -0.2) is 27.2 Å². The molecule has 0 spiro atoms. The number of hydrogen-bond donors (Lipinski definition) is 0. The average Bonchev–Trinajstić information content (AvgIpc) is 3.16. The van der Waals surface area contributed by atoms with Crippen LogP contribution in [0.5, 0.6) is 17.2 Å². The summed E-state index contributed by atoms with van der Waals surface area (Å²) in [7, 11) is 4.67. The second-order valence-electron chi connectivity index (χ2n) is 7.12. The number of hydrogen-bond acceptors (Lipinski definition) is 5. The number of halogens is 2. The topological polar surface area (TPSA) is 48.0 Å². The van der Waals surface area contributed by atoms with Gasteiger partial charge in [0.05, 0.1) is 36.3 Å². The van der Waals surface area contributed by atoms with Crippen LogP contribution in [0.4, 0.5) is 5.69 Å². The first-order valence-electron chi connectivity index (χ1n) is 9.98. The minimum absolute atomic E-state index is 0.138. The fourth-order valence-corrected chi connectivity index (χ4v) is 5.12. The van der Waals surface area contributed by atoms with Crippen molar-refractivity contribution < 1.29 is 19.0 Å². The van der Waals surface area contributed by atoms with Gasteiger partial charge < -0.3 is 14.2 Å². The van der Waals surface area contributed by atoms with Crippen LogP contribution in [-0.2, 0) is 4.79 Å². The minimum atomic E-state index is -0.390. The number of carbonyl (C=O) groups is 1. The molecule has 1 amide bonds. The summed E-state index contributed by atoms with van der Waals surface area (Å²) in [5.41, 5.74) is 2.38. The lowest BCUT2D eigenvalue weighted by Crippen LogP contribution is -2.27. The second kappa shape index (κ2) is 10.00. The molecule has 3 aromatic carbocycles. The van der Waals surface area contributed by atoms with Gasteiger partial charge in [0.15, 0.2) is 11.5 Å². The lowest BCUT2D eigenvalue weighted by Gasteiger charge is -2.25. The standard InChI is InChI=1S/C25H21Cl2NO4S/c1-30-20-12-16(13-21(31-2)23(20)32-3)25-28(17-9-10-18(26)19(27)14-17)24(29)22(33-25)11-15-7-5-4-6-8-15/h4-14,25H,1-3H3/b22-11+. The van der Waals surface area contributed by atoms with Crippen molar-refractivity contribution in [3.05, 3.63) is 86.7 Å². The summed E-state index contributed by atoms with van der Waals surface area (Å²) in [6.07, 6.45) is 1.88. The summed E-state index contributed by atoms with van der Waals surface area (Å²) in [4.78, 5) is 15.9. The first kappa shape index (κ1) is 23.4. The molecule has 1 saturated heterocycles. The van der Waals surface area contributed by atoms with Gasteiger partial charge in [-0.3, -0.25) is 9.69 Å². The lowest BCUT2D eigenvalue weighted by molar-refractivity contribution is -0.114. The molecule has 0 aromatic heterocycles. The number of amides is 1. The number of thioether (sulfide) groups is 1. The van der Waals surface area contributed by atoms with E-state index in [1.807, 2.05) is 48.5 Å². The maximum Gasteiger partial charge on any atom is 0.266 e. The van der Waals surface area contributed by atoms with Crippen LogP contribution >= 0.6 is 35.0 Å². The fourth-order valence-electron chi connectivity index (χ4n) is 3.59. The van der Waals surface area contributed by atoms with E-state index in [2.05, 4.69) is 0 Å². The van der Waals surface area contributed by atoms with E-state index in [-0.39, 0.29) is 5.91 Å². The van der Waals surface area contributed by atoms with Crippen molar-refractivity contribution in [3.63, 3.8) is 0 Å². The number of carbonyl (C=O) groups excluding carboxylic acids is 1. The van der Waals surface area contributed by atoms with Crippen LogP contribution in [0, 0.1) is 0 Å². The maximum atomic E-state index is 13.6. The van der Waals surface area contributed by atoms with E-state index in [4.69, 9.17) is 37.4 Å². The van der Waals surface area contributed by atoms with Gasteiger partial charge in [0.1, 0.15) is 5.37 Å². The largest absolute Gasteiger partial charge is 0.493 e. The average molecular weight is 502 g/mol. The smallest absolute Gasteiger partial charge is 0.266 e. The zero-order valence-corrected chi connectivity index (χ0v) is 20.5. The van der Waals surface area contributed by atoms with Crippen molar-refractivity contribution >= 4 is 52.6 Å². The van der Waals surface area contributed by atoms with Crippen molar-refractivity contribution in [2.24, 2.45) is 0 Å². The molecule has 5 nitrogen and oxygen atoms in total. The number of rotatable bonds is 6. The Morgan fingerprint density at radius 2 is 1.55 bits per heavy atom. The molecule has 1 heterocycles. The van der Waals surface area contributed by atoms with Gasteiger partial charge in [-0.15, -0.1) is 0 Å². The molecule has 170 valence electrons. The Balaban J connectivity index is 1.86. The Kier molecular flexibility index (Phi) is 7.08. The molecule has 1 fully saturated rings. The summed E-state index contributed by atoms with van der Waals surface area (Å²) in [6.45, 7) is 0. The van der Waals surface area contributed by atoms with Crippen molar-refractivity contribution in [1.29, 1.82) is 0 Å². The normalized spacial score (nSPS) is 16.9. The fraction of sp³-hybridized carbons (Fsp3) is 0.160. The van der Waals surface area contributed by atoms with Crippen LogP contribution in [0.3, 0.4) is 0 Å². The van der Waals surface area contributed by atoms with Gasteiger partial charge in [-0.2, -0.15) is 0 Å². The third-order valence-electron chi connectivity index (χ3n) is 5.15. The summed E-state index contributed by atoms with van der Waals surface area (Å²) >= 11 is 13.9. The summed E-state index contributed by atoms with van der Waals surface area (Å²) in [6, 6.07) is 18.6. The van der Waals surface area contributed by atoms with Gasteiger partial charge in [-0.05, 0) is 47.5 Å². The molecule has 8 heteroatoms. The molecular weight excluding hydrogens is 481 g/mol. The number of ether oxygens (including phenoxy) is 3. The Morgan fingerprint density at radius 3 is 2.12 bits per heavy atom. The Bertz CT molecular complexity index is 1190. The maximum absolute atomic E-state index is 13.6. The quantitative estimate of drug-likeness (QED) is 0.346. The van der Waals surface area contributed by atoms with E-state index in [1.165, 1.54) is 11.8 Å². The first-order chi connectivity index (χ1) is 16.0. The summed E-state index contributed by atoms with van der Waals surface area (Å²) in [5.74, 6) is 1.36. The van der Waals surface area contributed by atoms with Crippen molar-refractivity contribution in [2.75, 3.05) is 26.2 Å². The highest BCUT2D eigenvalue weighted by Gasteiger charge is 2.39. The number of anilines is 1. The predicted molar refractivity (Wildman–Crippen MR) is 135 cm³/mol. The molecule has 1 atom stereocenters. The molecule has 0 saturated carbocycles. The molecular formula is C25H21Cl2NO4S. The van der Waals surface area contributed by atoms with Gasteiger partial charge in [0.2, 0.25) is 5.75 Å².